The summed E-state index contributed by atoms with van der Waals surface area (Å²) in [6.07, 6.45) is 3.76. The van der Waals surface area contributed by atoms with Gasteiger partial charge >= 0.3 is 10.4 Å². The van der Waals surface area contributed by atoms with Crippen LogP contribution in [0, 0.1) is 0 Å². The zero-order valence-electron chi connectivity index (χ0n) is 10.6. The van der Waals surface area contributed by atoms with Crippen LogP contribution in [0.1, 0.15) is 39.5 Å². The van der Waals surface area contributed by atoms with E-state index in [0.717, 1.165) is 19.3 Å². The van der Waals surface area contributed by atoms with E-state index in [1.807, 2.05) is 6.92 Å². The van der Waals surface area contributed by atoms with Gasteiger partial charge in [0.15, 0.2) is 0 Å². The molecule has 0 aliphatic rings. The minimum atomic E-state index is -4.21. The molecule has 2 N–H and O–H groups in total. The van der Waals surface area contributed by atoms with Crippen LogP contribution in [0.3, 0.4) is 0 Å². The summed E-state index contributed by atoms with van der Waals surface area (Å²) in [5.74, 6) is 0. The predicted octanol–water partition coefficient (Wildman–Crippen LogP) is 1.40. The van der Waals surface area contributed by atoms with Gasteiger partial charge in [-0.2, -0.15) is 8.42 Å². The maximum Gasteiger partial charge on any atom is 0.397 e. The van der Waals surface area contributed by atoms with Gasteiger partial charge in [0.1, 0.15) is 0 Å². The van der Waals surface area contributed by atoms with Gasteiger partial charge in [-0.25, -0.2) is 4.18 Å². The molecule has 0 aliphatic carbocycles. The average Bonchev–Trinajstić information content (AvgIpc) is 2.25. The highest BCUT2D eigenvalue weighted by molar-refractivity contribution is 7.80. The molecule has 0 aromatic carbocycles. The van der Waals surface area contributed by atoms with E-state index in [4.69, 9.17) is 14.4 Å². The normalized spacial score (nSPS) is 10.8. The molecule has 0 aliphatic heterocycles. The topological polar surface area (TPSA) is 93.1 Å². The molecule has 17 heavy (non-hydrogen) atoms. The van der Waals surface area contributed by atoms with E-state index in [9.17, 15) is 8.42 Å². The molecule has 0 unspecified atom stereocenters. The van der Waals surface area contributed by atoms with E-state index in [0.29, 0.717) is 19.6 Å². The van der Waals surface area contributed by atoms with Gasteiger partial charge in [0.05, 0.1) is 19.8 Å². The van der Waals surface area contributed by atoms with Gasteiger partial charge in [0.2, 0.25) is 0 Å². The molecule has 0 radical (unpaired) electrons. The van der Waals surface area contributed by atoms with Crippen LogP contribution in [0.15, 0.2) is 0 Å². The number of hydrogen-bond donors (Lipinski definition) is 2. The zero-order chi connectivity index (χ0) is 13.6. The highest BCUT2D eigenvalue weighted by Crippen LogP contribution is 1.99. The molecule has 0 atom stereocenters. The van der Waals surface area contributed by atoms with Crippen LogP contribution < -0.4 is 0 Å². The Morgan fingerprint density at radius 1 is 1.06 bits per heavy atom. The molecule has 0 aromatic heterocycles. The first-order valence-corrected chi connectivity index (χ1v) is 7.14. The van der Waals surface area contributed by atoms with Crippen LogP contribution in [-0.4, -0.2) is 44.5 Å². The second-order valence-electron chi connectivity index (χ2n) is 3.23. The number of unbranched alkanes of at least 4 members (excludes halogenated alkanes) is 3. The molecular formula is C10H24O6S. The molecule has 0 spiro atoms. The lowest BCUT2D eigenvalue weighted by Gasteiger charge is -1.98. The van der Waals surface area contributed by atoms with Gasteiger partial charge in [-0.15, -0.1) is 0 Å². The molecule has 0 aromatic rings. The Hall–Kier alpha value is -0.210. The first kappa shape index (κ1) is 19.1. The lowest BCUT2D eigenvalue weighted by molar-refractivity contribution is 0.102. The van der Waals surface area contributed by atoms with Crippen molar-refractivity contribution in [2.45, 2.75) is 39.5 Å². The van der Waals surface area contributed by atoms with Crippen LogP contribution in [-0.2, 0) is 19.3 Å². The minimum absolute atomic E-state index is 0.0822. The van der Waals surface area contributed by atoms with Crippen LogP contribution >= 0.6 is 0 Å². The molecule has 0 heterocycles. The number of rotatable bonds is 9. The van der Waals surface area contributed by atoms with Gasteiger partial charge in [-0.05, 0) is 13.3 Å². The highest BCUT2D eigenvalue weighted by atomic mass is 32.3. The summed E-state index contributed by atoms with van der Waals surface area (Å²) in [4.78, 5) is 0. The third kappa shape index (κ3) is 25.8. The summed E-state index contributed by atoms with van der Waals surface area (Å²) >= 11 is 0. The van der Waals surface area contributed by atoms with Crippen molar-refractivity contribution in [2.24, 2.45) is 0 Å². The fourth-order valence-electron chi connectivity index (χ4n) is 0.902. The van der Waals surface area contributed by atoms with Crippen molar-refractivity contribution in [1.29, 1.82) is 0 Å². The monoisotopic (exact) mass is 272 g/mol. The maximum atomic E-state index is 10.00. The standard InChI is InChI=1S/C6H14O4S.C4H10O2/c1-2-3-4-5-6-10-11(7,8)9;1-2-6-4-3-5/h2-6H2,1H3,(H,7,8,9);5H,2-4H2,1H3. The average molecular weight is 272 g/mol. The predicted molar refractivity (Wildman–Crippen MR) is 65.2 cm³/mol. The van der Waals surface area contributed by atoms with E-state index in [2.05, 4.69) is 11.1 Å². The molecule has 106 valence electrons. The Bertz CT molecular complexity index is 223. The fraction of sp³-hybridized carbons (Fsp3) is 1.00. The Kier molecular flexibility index (Phi) is 15.6. The van der Waals surface area contributed by atoms with E-state index in [-0.39, 0.29) is 13.2 Å². The van der Waals surface area contributed by atoms with Gasteiger partial charge in [0, 0.05) is 6.61 Å². The van der Waals surface area contributed by atoms with E-state index >= 15 is 0 Å². The van der Waals surface area contributed by atoms with Gasteiger partial charge in [-0.1, -0.05) is 26.2 Å². The summed E-state index contributed by atoms with van der Waals surface area (Å²) in [6, 6.07) is 0. The van der Waals surface area contributed by atoms with E-state index < -0.39 is 10.4 Å². The summed E-state index contributed by atoms with van der Waals surface area (Å²) in [6.45, 7) is 5.34. The number of hydrogen-bond acceptors (Lipinski definition) is 5. The van der Waals surface area contributed by atoms with Crippen molar-refractivity contribution in [2.75, 3.05) is 26.4 Å². The van der Waals surface area contributed by atoms with Crippen molar-refractivity contribution >= 4 is 10.4 Å². The van der Waals surface area contributed by atoms with Crippen LogP contribution in [0.2, 0.25) is 0 Å². The SMILES string of the molecule is CCCCCCOS(=O)(=O)O.CCOCCO. The van der Waals surface area contributed by atoms with Crippen molar-refractivity contribution in [3.8, 4) is 0 Å². The highest BCUT2D eigenvalue weighted by Gasteiger charge is 2.01. The van der Waals surface area contributed by atoms with Crippen LogP contribution in [0.5, 0.6) is 0 Å². The lowest BCUT2D eigenvalue weighted by Crippen LogP contribution is -2.04. The summed E-state index contributed by atoms with van der Waals surface area (Å²) < 4.78 is 37.0. The number of ether oxygens (including phenoxy) is 1. The van der Waals surface area contributed by atoms with Gasteiger partial charge in [0.25, 0.3) is 0 Å². The molecule has 6 nitrogen and oxygen atoms in total. The second-order valence-corrected chi connectivity index (χ2v) is 4.32. The van der Waals surface area contributed by atoms with Crippen LogP contribution in [0.4, 0.5) is 0 Å². The van der Waals surface area contributed by atoms with Crippen molar-refractivity contribution in [3.63, 3.8) is 0 Å². The smallest absolute Gasteiger partial charge is 0.394 e. The third-order valence-electron chi connectivity index (χ3n) is 1.67. The molecule has 0 saturated heterocycles. The second kappa shape index (κ2) is 13.9. The quantitative estimate of drug-likeness (QED) is 0.487. The summed E-state index contributed by atoms with van der Waals surface area (Å²) in [5, 5.41) is 8.07. The van der Waals surface area contributed by atoms with E-state index in [1.165, 1.54) is 0 Å². The van der Waals surface area contributed by atoms with Crippen molar-refractivity contribution in [3.05, 3.63) is 0 Å². The summed E-state index contributed by atoms with van der Waals surface area (Å²) in [5.41, 5.74) is 0. The molecule has 0 bridgehead atoms. The third-order valence-corrected chi connectivity index (χ3v) is 2.13. The largest absolute Gasteiger partial charge is 0.397 e. The number of aliphatic hydroxyl groups is 1. The van der Waals surface area contributed by atoms with E-state index in [1.54, 1.807) is 0 Å². The van der Waals surface area contributed by atoms with Crippen molar-refractivity contribution in [1.82, 2.24) is 0 Å². The maximum absolute atomic E-state index is 10.00. The van der Waals surface area contributed by atoms with Crippen LogP contribution in [0.25, 0.3) is 0 Å². The Morgan fingerprint density at radius 3 is 2.06 bits per heavy atom. The summed E-state index contributed by atoms with van der Waals surface area (Å²) in [7, 11) is -4.21. The first-order chi connectivity index (χ1) is 7.97. The molecule has 0 saturated carbocycles. The zero-order valence-corrected chi connectivity index (χ0v) is 11.4. The lowest BCUT2D eigenvalue weighted by atomic mass is 10.2. The molecule has 0 amide bonds. The van der Waals surface area contributed by atoms with Gasteiger partial charge in [-0.3, -0.25) is 4.55 Å². The Morgan fingerprint density at radius 2 is 1.71 bits per heavy atom. The molecular weight excluding hydrogens is 248 g/mol. The Labute approximate surface area is 104 Å². The number of aliphatic hydroxyl groups excluding tert-OH is 1. The van der Waals surface area contributed by atoms with Crippen molar-refractivity contribution < 1.29 is 27.0 Å². The Balaban J connectivity index is 0. The molecule has 0 fully saturated rings. The minimum Gasteiger partial charge on any atom is -0.394 e. The molecule has 0 rings (SSSR count). The van der Waals surface area contributed by atoms with Gasteiger partial charge < -0.3 is 9.84 Å². The first-order valence-electron chi connectivity index (χ1n) is 5.78. The molecule has 7 heteroatoms. The fourth-order valence-corrected chi connectivity index (χ4v) is 1.23.